The predicted octanol–water partition coefficient (Wildman–Crippen LogP) is 2.50. The van der Waals surface area contributed by atoms with E-state index in [4.69, 9.17) is 0 Å². The Bertz CT molecular complexity index is 1330. The van der Waals surface area contributed by atoms with Crippen LogP contribution >= 0.6 is 12.4 Å². The normalized spacial score (nSPS) is 17.1. The van der Waals surface area contributed by atoms with Gasteiger partial charge in [-0.1, -0.05) is 24.3 Å². The van der Waals surface area contributed by atoms with E-state index in [0.29, 0.717) is 22.4 Å². The first-order chi connectivity index (χ1) is 14.2. The van der Waals surface area contributed by atoms with Crippen LogP contribution in [0.15, 0.2) is 71.8 Å². The number of para-hydroxylation sites is 1. The molecule has 0 saturated heterocycles. The van der Waals surface area contributed by atoms with E-state index in [0.717, 1.165) is 29.7 Å². The Labute approximate surface area is 177 Å². The second kappa shape index (κ2) is 6.67. The highest BCUT2D eigenvalue weighted by atomic mass is 35.5. The molecule has 3 aliphatic heterocycles. The fourth-order valence-electron chi connectivity index (χ4n) is 4.35. The van der Waals surface area contributed by atoms with Gasteiger partial charge in [0.25, 0.3) is 11.8 Å². The Morgan fingerprint density at radius 2 is 1.83 bits per heavy atom. The highest BCUT2D eigenvalue weighted by molar-refractivity contribution is 6.48. The topological polar surface area (TPSA) is 79.1 Å². The summed E-state index contributed by atoms with van der Waals surface area (Å²) in [7, 11) is 0. The summed E-state index contributed by atoms with van der Waals surface area (Å²) in [6, 6.07) is 11.6. The molecule has 3 aliphatic rings. The number of hydrogen-bond acceptors (Lipinski definition) is 5. The van der Waals surface area contributed by atoms with Crippen LogP contribution in [0.3, 0.4) is 0 Å². The lowest BCUT2D eigenvalue weighted by Crippen LogP contribution is -2.25. The first-order valence-corrected chi connectivity index (χ1v) is 9.39. The van der Waals surface area contributed by atoms with Crippen LogP contribution in [0.4, 0.5) is 5.69 Å². The van der Waals surface area contributed by atoms with Crippen LogP contribution in [0, 0.1) is 0 Å². The zero-order chi connectivity index (χ0) is 19.5. The number of carbonyl (C=O) groups is 2. The van der Waals surface area contributed by atoms with E-state index in [1.165, 1.54) is 5.56 Å². The van der Waals surface area contributed by atoms with Gasteiger partial charge in [0.05, 0.1) is 34.3 Å². The van der Waals surface area contributed by atoms with E-state index in [1.54, 1.807) is 16.9 Å². The number of pyridine rings is 1. The van der Waals surface area contributed by atoms with Crippen molar-refractivity contribution in [3.63, 3.8) is 0 Å². The molecule has 0 saturated carbocycles. The van der Waals surface area contributed by atoms with Gasteiger partial charge in [0.1, 0.15) is 0 Å². The van der Waals surface area contributed by atoms with Gasteiger partial charge in [-0.15, -0.1) is 12.4 Å². The van der Waals surface area contributed by atoms with E-state index < -0.39 is 11.8 Å². The molecule has 6 rings (SSSR count). The lowest BCUT2D eigenvalue weighted by Gasteiger charge is -2.17. The zero-order valence-electron chi connectivity index (χ0n) is 15.7. The number of fused-ring (bicyclic) bond motifs is 1. The van der Waals surface area contributed by atoms with Crippen LogP contribution in [0.5, 0.6) is 0 Å². The van der Waals surface area contributed by atoms with Crippen molar-refractivity contribution >= 4 is 46.7 Å². The zero-order valence-corrected chi connectivity index (χ0v) is 16.5. The molecule has 3 aromatic rings. The maximum atomic E-state index is 12.9. The van der Waals surface area contributed by atoms with Gasteiger partial charge in [-0.05, 0) is 24.1 Å². The van der Waals surface area contributed by atoms with Crippen LogP contribution in [-0.4, -0.2) is 33.7 Å². The number of nitrogens with one attached hydrogen (secondary N) is 1. The Morgan fingerprint density at radius 1 is 0.967 bits per heavy atom. The molecular weight excluding hydrogens is 402 g/mol. The molecule has 0 bridgehead atoms. The number of nitrogens with zero attached hydrogens (tertiary/aromatic N) is 4. The quantitative estimate of drug-likeness (QED) is 0.650. The molecule has 30 heavy (non-hydrogen) atoms. The summed E-state index contributed by atoms with van der Waals surface area (Å²) >= 11 is 0. The van der Waals surface area contributed by atoms with E-state index in [1.807, 2.05) is 42.7 Å². The van der Waals surface area contributed by atoms with Crippen molar-refractivity contribution in [3.8, 4) is 0 Å². The molecular formula is C22H16ClN5O2. The first kappa shape index (κ1) is 18.3. The third kappa shape index (κ3) is 2.45. The fourth-order valence-corrected chi connectivity index (χ4v) is 4.35. The van der Waals surface area contributed by atoms with Crippen LogP contribution in [-0.2, 0) is 16.0 Å². The Kier molecular flexibility index (Phi) is 4.08. The molecule has 0 spiro atoms. The number of aromatic nitrogens is 2. The van der Waals surface area contributed by atoms with Gasteiger partial charge in [0.15, 0.2) is 0 Å². The molecule has 1 aromatic carbocycles. The minimum atomic E-state index is -0.434. The molecule has 0 atom stereocenters. The molecule has 0 unspecified atom stereocenters. The Morgan fingerprint density at radius 3 is 2.73 bits per heavy atom. The van der Waals surface area contributed by atoms with E-state index in [9.17, 15) is 9.59 Å². The molecule has 7 nitrogen and oxygen atoms in total. The average molecular weight is 418 g/mol. The maximum absolute atomic E-state index is 12.9. The maximum Gasteiger partial charge on any atom is 0.261 e. The number of benzene rings is 1. The molecule has 1 N–H and O–H groups in total. The fraction of sp³-hybridized carbons (Fsp3) is 0.0909. The van der Waals surface area contributed by atoms with Crippen molar-refractivity contribution in [2.24, 2.45) is 4.99 Å². The molecule has 2 aromatic heterocycles. The smallest absolute Gasteiger partial charge is 0.261 e. The summed E-state index contributed by atoms with van der Waals surface area (Å²) < 4.78 is 1.69. The van der Waals surface area contributed by atoms with Gasteiger partial charge in [0, 0.05) is 36.3 Å². The summed E-state index contributed by atoms with van der Waals surface area (Å²) in [6.07, 6.45) is 7.99. The molecule has 148 valence electrons. The summed E-state index contributed by atoms with van der Waals surface area (Å²) in [6.45, 7) is 0.872. The van der Waals surface area contributed by atoms with Crippen molar-refractivity contribution < 1.29 is 9.59 Å². The summed E-state index contributed by atoms with van der Waals surface area (Å²) in [5.74, 6) is -0.861. The first-order valence-electron chi connectivity index (χ1n) is 9.39. The number of amides is 2. The molecule has 5 heterocycles. The molecule has 0 fully saturated rings. The van der Waals surface area contributed by atoms with Crippen molar-refractivity contribution in [1.29, 1.82) is 0 Å². The van der Waals surface area contributed by atoms with Crippen LogP contribution in [0.25, 0.3) is 11.1 Å². The number of hydrogen-bond donors (Lipinski definition) is 1. The summed E-state index contributed by atoms with van der Waals surface area (Å²) in [5.41, 5.74) is 5.62. The predicted molar refractivity (Wildman–Crippen MR) is 116 cm³/mol. The van der Waals surface area contributed by atoms with Crippen molar-refractivity contribution in [2.75, 3.05) is 11.4 Å². The standard InChI is InChI=1S/C22H15N5O2.ClH/c28-21-17(15-12-24-27-9-2-1-6-16(15)27)18(22(29)25-21)19-14-5-3-4-13-7-10-26(20(13)14)11-8-23-19;/h1-6,8-9,11-12H,7,10H2,(H,25,28,29);1H. The third-order valence-corrected chi connectivity index (χ3v) is 5.60. The molecule has 8 heteroatoms. The van der Waals surface area contributed by atoms with Gasteiger partial charge in [-0.3, -0.25) is 19.9 Å². The highest BCUT2D eigenvalue weighted by Gasteiger charge is 2.38. The minimum absolute atomic E-state index is 0. The summed E-state index contributed by atoms with van der Waals surface area (Å²) in [4.78, 5) is 32.4. The van der Waals surface area contributed by atoms with Crippen molar-refractivity contribution in [2.45, 2.75) is 6.42 Å². The molecule has 2 amide bonds. The van der Waals surface area contributed by atoms with Gasteiger partial charge < -0.3 is 4.90 Å². The lowest BCUT2D eigenvalue weighted by atomic mass is 9.93. The Balaban J connectivity index is 0.00000193. The third-order valence-electron chi connectivity index (χ3n) is 5.60. The molecule has 0 radical (unpaired) electrons. The van der Waals surface area contributed by atoms with E-state index >= 15 is 0 Å². The van der Waals surface area contributed by atoms with Gasteiger partial charge in [-0.2, -0.15) is 5.10 Å². The van der Waals surface area contributed by atoms with E-state index in [2.05, 4.69) is 26.4 Å². The van der Waals surface area contributed by atoms with Gasteiger partial charge in [-0.25, -0.2) is 4.52 Å². The number of anilines is 1. The van der Waals surface area contributed by atoms with Crippen molar-refractivity contribution in [3.05, 3.63) is 83.5 Å². The highest BCUT2D eigenvalue weighted by Crippen LogP contribution is 2.37. The number of aliphatic imine (C=N–C) groups is 1. The van der Waals surface area contributed by atoms with Crippen LogP contribution in [0.1, 0.15) is 16.7 Å². The second-order valence-electron chi connectivity index (χ2n) is 7.15. The monoisotopic (exact) mass is 417 g/mol. The summed E-state index contributed by atoms with van der Waals surface area (Å²) in [5, 5.41) is 6.78. The lowest BCUT2D eigenvalue weighted by molar-refractivity contribution is -0.123. The van der Waals surface area contributed by atoms with E-state index in [-0.39, 0.29) is 12.4 Å². The number of halogens is 1. The number of carbonyl (C=O) groups excluding carboxylic acids is 2. The van der Waals surface area contributed by atoms with Crippen LogP contribution in [0.2, 0.25) is 0 Å². The number of imide groups is 1. The average Bonchev–Trinajstić information content (AvgIpc) is 3.37. The Hall–Kier alpha value is -3.71. The van der Waals surface area contributed by atoms with Gasteiger partial charge >= 0.3 is 0 Å². The van der Waals surface area contributed by atoms with Gasteiger partial charge in [0.2, 0.25) is 0 Å². The minimum Gasteiger partial charge on any atom is -0.345 e. The largest absolute Gasteiger partial charge is 0.345 e. The SMILES string of the molecule is Cl.O=C1NC(=O)C(c2cnn3ccccc23)=C1C1=NC=CN2CCc3cccc1c32. The molecule has 0 aliphatic carbocycles. The van der Waals surface area contributed by atoms with Crippen molar-refractivity contribution in [1.82, 2.24) is 14.9 Å². The number of rotatable bonds is 2. The second-order valence-corrected chi connectivity index (χ2v) is 7.15. The van der Waals surface area contributed by atoms with Crippen LogP contribution < -0.4 is 10.2 Å².